The first-order valence-electron chi connectivity index (χ1n) is 5.83. The van der Waals surface area contributed by atoms with Crippen LogP contribution in [0.1, 0.15) is 0 Å². The van der Waals surface area contributed by atoms with Gasteiger partial charge >= 0.3 is 138 Å². The summed E-state index contributed by atoms with van der Waals surface area (Å²) in [7, 11) is 0. The molecule has 2 unspecified atom stereocenters. The minimum atomic E-state index is -0.0978. The van der Waals surface area contributed by atoms with Gasteiger partial charge in [0.2, 0.25) is 0 Å². The van der Waals surface area contributed by atoms with Crippen LogP contribution < -0.4 is 14.4 Å². The third-order valence-electron chi connectivity index (χ3n) is 3.02. The number of para-hydroxylation sites is 1. The maximum atomic E-state index is 11.7. The number of rotatable bonds is 1. The van der Waals surface area contributed by atoms with Crippen LogP contribution in [0.3, 0.4) is 0 Å². The Morgan fingerprint density at radius 3 is 2.80 bits per heavy atom. The fourth-order valence-electron chi connectivity index (χ4n) is 2.00. The second-order valence-corrected chi connectivity index (χ2v) is 7.03. The van der Waals surface area contributed by atoms with E-state index < -0.39 is 0 Å². The third-order valence-corrected chi connectivity index (χ3v) is 7.14. The summed E-state index contributed by atoms with van der Waals surface area (Å²) in [6.07, 6.45) is 1.78. The fourth-order valence-corrected chi connectivity index (χ4v) is 3.78. The zero-order chi connectivity index (χ0) is 14.3. The van der Waals surface area contributed by atoms with E-state index in [4.69, 9.17) is 12.2 Å². The molecule has 0 saturated carbocycles. The molecule has 0 aliphatic heterocycles. The van der Waals surface area contributed by atoms with E-state index in [-0.39, 0.29) is 5.56 Å². The summed E-state index contributed by atoms with van der Waals surface area (Å²) in [5.41, 5.74) is 1.72. The van der Waals surface area contributed by atoms with Crippen LogP contribution in [0.2, 0.25) is 0 Å². The van der Waals surface area contributed by atoms with E-state index in [1.807, 2.05) is 34.9 Å². The topological polar surface area (TPSA) is 50.7 Å². The number of nitrogens with zero attached hydrogens (tertiary/aromatic N) is 2. The summed E-state index contributed by atoms with van der Waals surface area (Å²) in [5.74, 6) is 0. The maximum absolute atomic E-state index is 11.7. The second kappa shape index (κ2) is 5.32. The Balaban J connectivity index is 2.34. The molecular formula is C13H11As2N3OS. The second-order valence-electron chi connectivity index (χ2n) is 4.28. The van der Waals surface area contributed by atoms with Crippen LogP contribution in [0.25, 0.3) is 16.6 Å². The summed E-state index contributed by atoms with van der Waals surface area (Å²) in [5, 5.41) is 1.05. The zero-order valence-electron chi connectivity index (χ0n) is 10.3. The van der Waals surface area contributed by atoms with Gasteiger partial charge in [0.05, 0.1) is 0 Å². The Bertz CT molecular complexity index is 933. The molecule has 3 rings (SSSR count). The van der Waals surface area contributed by atoms with Gasteiger partial charge in [-0.25, -0.2) is 0 Å². The molecule has 0 fully saturated rings. The Morgan fingerprint density at radius 1 is 1.25 bits per heavy atom. The van der Waals surface area contributed by atoms with Crippen molar-refractivity contribution < 1.29 is 0 Å². The Morgan fingerprint density at radius 2 is 2.00 bits per heavy atom. The van der Waals surface area contributed by atoms with Crippen molar-refractivity contribution >= 4 is 65.7 Å². The summed E-state index contributed by atoms with van der Waals surface area (Å²) in [6, 6.07) is 9.95. The minimum absolute atomic E-state index is 0.0978. The van der Waals surface area contributed by atoms with Crippen molar-refractivity contribution in [1.82, 2.24) is 14.5 Å². The van der Waals surface area contributed by atoms with Crippen molar-refractivity contribution in [1.29, 1.82) is 0 Å². The first kappa shape index (κ1) is 13.8. The first-order valence-corrected chi connectivity index (χ1v) is 8.66. The standard InChI is InChI=1S/C13H11As2N3OS/c14-10-11(15)18(13(20)17-12(10)19)8-5-7-3-1-2-4-9(7)16-6-8/h1-6H,14-15H2,(H,17,19,20). The van der Waals surface area contributed by atoms with E-state index in [0.717, 1.165) is 25.4 Å². The Hall–Kier alpha value is -1.15. The van der Waals surface area contributed by atoms with Crippen molar-refractivity contribution in [2.45, 2.75) is 0 Å². The van der Waals surface area contributed by atoms with Gasteiger partial charge in [0.1, 0.15) is 0 Å². The molecule has 4 nitrogen and oxygen atoms in total. The van der Waals surface area contributed by atoms with Crippen LogP contribution in [0.5, 0.6) is 0 Å². The molecule has 3 aromatic rings. The SMILES string of the molecule is O=c1[nH]c(=S)n(-c2cnc3ccccc3c2)c([AsH2])c1[AsH2]. The van der Waals surface area contributed by atoms with Crippen molar-refractivity contribution in [3.05, 3.63) is 51.7 Å². The number of H-pyrrole nitrogens is 1. The van der Waals surface area contributed by atoms with Crippen LogP contribution in [-0.4, -0.2) is 48.2 Å². The fraction of sp³-hybridized carbons (Fsp3) is 0. The third kappa shape index (κ3) is 2.30. The Kier molecular flexibility index (Phi) is 3.68. The van der Waals surface area contributed by atoms with E-state index in [2.05, 4.69) is 9.97 Å². The molecule has 1 N–H and O–H groups in total. The van der Waals surface area contributed by atoms with Crippen molar-refractivity contribution in [3.63, 3.8) is 0 Å². The molecule has 2 heterocycles. The number of hydrogen-bond acceptors (Lipinski definition) is 3. The average molecular weight is 407 g/mol. The van der Waals surface area contributed by atoms with Crippen molar-refractivity contribution in [2.24, 2.45) is 0 Å². The number of fused-ring (bicyclic) bond motifs is 1. The average Bonchev–Trinajstić information content (AvgIpc) is 2.45. The van der Waals surface area contributed by atoms with E-state index in [0.29, 0.717) is 4.77 Å². The van der Waals surface area contributed by atoms with E-state index >= 15 is 0 Å². The van der Waals surface area contributed by atoms with Gasteiger partial charge in [-0.05, 0) is 0 Å². The number of aromatic amines is 1. The van der Waals surface area contributed by atoms with Crippen LogP contribution in [0.4, 0.5) is 0 Å². The number of nitrogens with one attached hydrogen (secondary N) is 1. The molecule has 0 spiro atoms. The monoisotopic (exact) mass is 407 g/mol. The van der Waals surface area contributed by atoms with Gasteiger partial charge in [-0.3, -0.25) is 0 Å². The molecule has 7 heteroatoms. The molecule has 2 atom stereocenters. The molecule has 0 saturated heterocycles. The summed E-state index contributed by atoms with van der Waals surface area (Å²) < 4.78 is 3.96. The van der Waals surface area contributed by atoms with E-state index in [1.165, 1.54) is 33.7 Å². The van der Waals surface area contributed by atoms with Crippen LogP contribution in [-0.2, 0) is 0 Å². The molecular weight excluding hydrogens is 396 g/mol. The van der Waals surface area contributed by atoms with Gasteiger partial charge in [0.25, 0.3) is 0 Å². The predicted octanol–water partition coefficient (Wildman–Crippen LogP) is -1.04. The molecule has 1 aromatic carbocycles. The molecule has 0 aliphatic carbocycles. The normalized spacial score (nSPS) is 10.9. The number of pyridine rings is 1. The molecule has 2 aromatic heterocycles. The number of benzene rings is 1. The van der Waals surface area contributed by atoms with Gasteiger partial charge < -0.3 is 0 Å². The van der Waals surface area contributed by atoms with E-state index in [1.54, 1.807) is 6.20 Å². The molecule has 100 valence electrons. The van der Waals surface area contributed by atoms with Crippen LogP contribution >= 0.6 is 12.2 Å². The van der Waals surface area contributed by atoms with Gasteiger partial charge in [0.15, 0.2) is 0 Å². The summed E-state index contributed by atoms with van der Waals surface area (Å²) in [6.45, 7) is 0. The van der Waals surface area contributed by atoms with Gasteiger partial charge in [-0.15, -0.1) is 0 Å². The first-order chi connectivity index (χ1) is 9.58. The van der Waals surface area contributed by atoms with Gasteiger partial charge in [-0.2, -0.15) is 0 Å². The quantitative estimate of drug-likeness (QED) is 0.415. The van der Waals surface area contributed by atoms with Crippen LogP contribution in [0, 0.1) is 4.77 Å². The predicted molar refractivity (Wildman–Crippen MR) is 88.9 cm³/mol. The molecule has 0 amide bonds. The molecule has 0 bridgehead atoms. The van der Waals surface area contributed by atoms with E-state index in [9.17, 15) is 4.79 Å². The molecule has 20 heavy (non-hydrogen) atoms. The Labute approximate surface area is 137 Å². The van der Waals surface area contributed by atoms with Crippen molar-refractivity contribution in [3.8, 4) is 5.69 Å². The summed E-state index contributed by atoms with van der Waals surface area (Å²) >= 11 is 7.98. The summed E-state index contributed by atoms with van der Waals surface area (Å²) in [4.78, 5) is 18.9. The van der Waals surface area contributed by atoms with Gasteiger partial charge in [-0.1, -0.05) is 0 Å². The zero-order valence-corrected chi connectivity index (χ0v) is 16.0. The molecule has 0 radical (unpaired) electrons. The van der Waals surface area contributed by atoms with Crippen LogP contribution in [0.15, 0.2) is 41.3 Å². The molecule has 0 aliphatic rings. The number of hydrogen-bond donors (Lipinski definition) is 1. The van der Waals surface area contributed by atoms with Gasteiger partial charge in [0, 0.05) is 0 Å². The number of aromatic nitrogens is 3. The van der Waals surface area contributed by atoms with Crippen molar-refractivity contribution in [2.75, 3.05) is 0 Å².